The van der Waals surface area contributed by atoms with E-state index in [4.69, 9.17) is 0 Å². The molecule has 0 saturated heterocycles. The fourth-order valence-corrected chi connectivity index (χ4v) is 1.28. The topological polar surface area (TPSA) is 69.4 Å². The first-order valence-electron chi connectivity index (χ1n) is 3.06. The third-order valence-corrected chi connectivity index (χ3v) is 2.39. The van der Waals surface area contributed by atoms with Gasteiger partial charge in [-0.3, -0.25) is 0 Å². The summed E-state index contributed by atoms with van der Waals surface area (Å²) < 4.78 is 50.1. The highest BCUT2D eigenvalue weighted by molar-refractivity contribution is 7.86. The molecule has 0 heterocycles. The van der Waals surface area contributed by atoms with Crippen molar-refractivity contribution >= 4 is 10.1 Å². The van der Waals surface area contributed by atoms with Crippen molar-refractivity contribution in [3.63, 3.8) is 0 Å². The monoisotopic (exact) mass is 209 g/mol. The fraction of sp³-hybridized carbons (Fsp3) is 0. The molecule has 0 aromatic heterocycles. The number of benzene rings is 1. The van der Waals surface area contributed by atoms with Crippen LogP contribution in [0, 0.1) is 11.6 Å². The second-order valence-corrected chi connectivity index (χ2v) is 3.70. The minimum absolute atomic E-state index is 0.484. The molecule has 0 unspecified atom stereocenters. The number of halogens is 2. The summed E-state index contributed by atoms with van der Waals surface area (Å²) in [5.41, 5.74) is 0. The smallest absolute Gasteiger partial charge is 0.204 e. The van der Waals surface area contributed by atoms with Crippen molar-refractivity contribution in [2.75, 3.05) is 0 Å². The van der Waals surface area contributed by atoms with E-state index >= 15 is 0 Å². The molecular formula is C6H5F2NO3S. The van der Waals surface area contributed by atoms with Gasteiger partial charge in [-0.05, 0) is 18.2 Å². The predicted molar refractivity (Wildman–Crippen MR) is 38.8 cm³/mol. The van der Waals surface area contributed by atoms with Gasteiger partial charge in [0.05, 0.1) is 4.90 Å². The molecule has 1 aromatic rings. The molecule has 4 nitrogen and oxygen atoms in total. The molecule has 0 aliphatic rings. The van der Waals surface area contributed by atoms with Crippen LogP contribution in [-0.2, 0) is 14.4 Å². The van der Waals surface area contributed by atoms with Gasteiger partial charge in [-0.2, -0.15) is 18.6 Å². The molecule has 0 bridgehead atoms. The van der Waals surface area contributed by atoms with E-state index in [0.29, 0.717) is 12.1 Å². The lowest BCUT2D eigenvalue weighted by Crippen LogP contribution is -2.11. The Morgan fingerprint density at radius 2 is 1.85 bits per heavy atom. The van der Waals surface area contributed by atoms with E-state index in [1.165, 1.54) is 0 Å². The summed E-state index contributed by atoms with van der Waals surface area (Å²) in [4.78, 5) is -0.533. The van der Waals surface area contributed by atoms with Crippen molar-refractivity contribution in [1.29, 1.82) is 0 Å². The molecule has 0 radical (unpaired) electrons. The van der Waals surface area contributed by atoms with E-state index in [-0.39, 0.29) is 0 Å². The maximum atomic E-state index is 12.5. The Kier molecular flexibility index (Phi) is 2.60. The van der Waals surface area contributed by atoms with Crippen molar-refractivity contribution < 1.29 is 21.5 Å². The molecule has 1 rings (SSSR count). The SMILES string of the molecule is NOS(=O)(=O)c1ccc(F)c(F)c1. The normalized spacial score (nSPS) is 11.6. The summed E-state index contributed by atoms with van der Waals surface area (Å²) in [7, 11) is -4.17. The predicted octanol–water partition coefficient (Wildman–Crippen LogP) is 0.544. The van der Waals surface area contributed by atoms with Crippen molar-refractivity contribution in [1.82, 2.24) is 0 Å². The van der Waals surface area contributed by atoms with Crippen LogP contribution in [0.1, 0.15) is 0 Å². The van der Waals surface area contributed by atoms with Crippen molar-refractivity contribution in [2.24, 2.45) is 5.90 Å². The Labute approximate surface area is 73.0 Å². The van der Waals surface area contributed by atoms with Gasteiger partial charge in [0.15, 0.2) is 11.6 Å². The number of hydrogen-bond acceptors (Lipinski definition) is 4. The summed E-state index contributed by atoms with van der Waals surface area (Å²) in [6, 6.07) is 2.00. The van der Waals surface area contributed by atoms with Crippen molar-refractivity contribution in [3.8, 4) is 0 Å². The Hall–Kier alpha value is -1.05. The molecule has 1 aromatic carbocycles. The van der Waals surface area contributed by atoms with Crippen LogP contribution in [0.15, 0.2) is 23.1 Å². The largest absolute Gasteiger partial charge is 0.312 e. The first kappa shape index (κ1) is 10.0. The van der Waals surface area contributed by atoms with Crippen molar-refractivity contribution in [2.45, 2.75) is 4.90 Å². The average molecular weight is 209 g/mol. The summed E-state index contributed by atoms with van der Waals surface area (Å²) in [6.45, 7) is 0. The Balaban J connectivity index is 3.27. The lowest BCUT2D eigenvalue weighted by atomic mass is 10.3. The molecule has 13 heavy (non-hydrogen) atoms. The van der Waals surface area contributed by atoms with Crippen LogP contribution in [0.25, 0.3) is 0 Å². The number of hydrogen-bond donors (Lipinski definition) is 1. The number of rotatable bonds is 2. The molecule has 0 amide bonds. The van der Waals surface area contributed by atoms with Crippen LogP contribution in [0.4, 0.5) is 8.78 Å². The molecule has 7 heteroatoms. The van der Waals surface area contributed by atoms with E-state index in [0.717, 1.165) is 6.07 Å². The van der Waals surface area contributed by atoms with Crippen LogP contribution in [-0.4, -0.2) is 8.42 Å². The maximum Gasteiger partial charge on any atom is 0.312 e. The van der Waals surface area contributed by atoms with Crippen LogP contribution in [0.2, 0.25) is 0 Å². The van der Waals surface area contributed by atoms with Gasteiger partial charge < -0.3 is 0 Å². The van der Waals surface area contributed by atoms with Crippen molar-refractivity contribution in [3.05, 3.63) is 29.8 Å². The van der Waals surface area contributed by atoms with E-state index in [1.54, 1.807) is 0 Å². The molecule has 0 spiro atoms. The third-order valence-electron chi connectivity index (χ3n) is 1.31. The highest BCUT2D eigenvalue weighted by atomic mass is 32.2. The molecule has 0 saturated carbocycles. The van der Waals surface area contributed by atoms with Crippen LogP contribution < -0.4 is 5.90 Å². The first-order valence-corrected chi connectivity index (χ1v) is 4.46. The minimum Gasteiger partial charge on any atom is -0.204 e. The van der Waals surface area contributed by atoms with E-state index in [9.17, 15) is 17.2 Å². The fourth-order valence-electron chi connectivity index (χ4n) is 0.688. The van der Waals surface area contributed by atoms with Gasteiger partial charge >= 0.3 is 10.1 Å². The van der Waals surface area contributed by atoms with E-state index in [1.807, 2.05) is 0 Å². The van der Waals surface area contributed by atoms with Crippen LogP contribution >= 0.6 is 0 Å². The summed E-state index contributed by atoms with van der Waals surface area (Å²) in [5.74, 6) is 2.00. The zero-order valence-corrected chi connectivity index (χ0v) is 7.01. The molecule has 0 atom stereocenters. The van der Waals surface area contributed by atoms with Gasteiger partial charge in [0.2, 0.25) is 0 Å². The summed E-state index contributed by atoms with van der Waals surface area (Å²) >= 11 is 0. The van der Waals surface area contributed by atoms with E-state index in [2.05, 4.69) is 10.2 Å². The maximum absolute atomic E-state index is 12.5. The van der Waals surface area contributed by atoms with Gasteiger partial charge in [-0.1, -0.05) is 0 Å². The van der Waals surface area contributed by atoms with Gasteiger partial charge in [-0.25, -0.2) is 8.78 Å². The molecule has 0 fully saturated rings. The molecule has 0 aliphatic carbocycles. The molecule has 72 valence electrons. The first-order chi connectivity index (χ1) is 5.97. The second kappa shape index (κ2) is 3.36. The quantitative estimate of drug-likeness (QED) is 0.722. The zero-order chi connectivity index (χ0) is 10.1. The number of nitrogens with two attached hydrogens (primary N) is 1. The van der Waals surface area contributed by atoms with Crippen LogP contribution in [0.3, 0.4) is 0 Å². The molecular weight excluding hydrogens is 204 g/mol. The Morgan fingerprint density at radius 3 is 2.31 bits per heavy atom. The molecule has 2 N–H and O–H groups in total. The van der Waals surface area contributed by atoms with Gasteiger partial charge in [-0.15, -0.1) is 0 Å². The minimum atomic E-state index is -4.17. The highest BCUT2D eigenvalue weighted by Crippen LogP contribution is 2.14. The van der Waals surface area contributed by atoms with Gasteiger partial charge in [0.25, 0.3) is 0 Å². The summed E-state index contributed by atoms with van der Waals surface area (Å²) in [6.07, 6.45) is 0. The average Bonchev–Trinajstić information content (AvgIpc) is 2.09. The standard InChI is InChI=1S/C6H5F2NO3S/c7-5-2-1-4(3-6(5)8)13(10,11)12-9/h1-3H,9H2. The van der Waals surface area contributed by atoms with Gasteiger partial charge in [0, 0.05) is 0 Å². The Bertz CT molecular complexity index is 418. The Morgan fingerprint density at radius 1 is 1.23 bits per heavy atom. The zero-order valence-electron chi connectivity index (χ0n) is 6.20. The summed E-state index contributed by atoms with van der Waals surface area (Å²) in [5, 5.41) is 0. The van der Waals surface area contributed by atoms with Gasteiger partial charge in [0.1, 0.15) is 0 Å². The second-order valence-electron chi connectivity index (χ2n) is 2.13. The molecule has 0 aliphatic heterocycles. The third kappa shape index (κ3) is 2.00. The van der Waals surface area contributed by atoms with Crippen LogP contribution in [0.5, 0.6) is 0 Å². The highest BCUT2D eigenvalue weighted by Gasteiger charge is 2.15. The lowest BCUT2D eigenvalue weighted by Gasteiger charge is -2.00. The lowest BCUT2D eigenvalue weighted by molar-refractivity contribution is 0.332. The van der Waals surface area contributed by atoms with E-state index < -0.39 is 26.6 Å².